The van der Waals surface area contributed by atoms with Crippen molar-refractivity contribution in [3.8, 4) is 17.6 Å². The van der Waals surface area contributed by atoms with Gasteiger partial charge in [0.15, 0.2) is 6.61 Å². The number of rotatable bonds is 10. The predicted octanol–water partition coefficient (Wildman–Crippen LogP) is 4.44. The van der Waals surface area contributed by atoms with Crippen molar-refractivity contribution in [3.63, 3.8) is 0 Å². The van der Waals surface area contributed by atoms with Crippen LogP contribution >= 0.6 is 0 Å². The highest BCUT2D eigenvalue weighted by Crippen LogP contribution is 2.37. The van der Waals surface area contributed by atoms with E-state index >= 15 is 0 Å². The maximum Gasteiger partial charge on any atom is 0.306 e. The number of esters is 1. The molecule has 2 aromatic rings. The predicted molar refractivity (Wildman–Crippen MR) is 123 cm³/mol. The van der Waals surface area contributed by atoms with E-state index in [2.05, 4.69) is 16.0 Å². The van der Waals surface area contributed by atoms with Crippen LogP contribution in [0.5, 0.6) is 11.5 Å². The minimum absolute atomic E-state index is 0.142. The Bertz CT molecular complexity index is 1010. The van der Waals surface area contributed by atoms with Gasteiger partial charge in [-0.3, -0.25) is 9.59 Å². The molecule has 1 fully saturated rings. The van der Waals surface area contributed by atoms with Crippen LogP contribution in [-0.2, 0) is 14.3 Å². The van der Waals surface area contributed by atoms with Crippen molar-refractivity contribution < 1.29 is 23.8 Å². The van der Waals surface area contributed by atoms with E-state index in [4.69, 9.17) is 14.2 Å². The number of benzene rings is 1. The summed E-state index contributed by atoms with van der Waals surface area (Å²) in [6.07, 6.45) is 4.93. The summed E-state index contributed by atoms with van der Waals surface area (Å²) in [5.74, 6) is 1.02. The first-order valence-electron chi connectivity index (χ1n) is 11.3. The monoisotopic (exact) mass is 453 g/mol. The molecule has 1 aromatic carbocycles. The average Bonchev–Trinajstić information content (AvgIpc) is 3.42. The summed E-state index contributed by atoms with van der Waals surface area (Å²) in [6, 6.07) is 9.66. The number of carbonyl (C=O) groups is 2. The van der Waals surface area contributed by atoms with E-state index in [1.54, 1.807) is 31.4 Å². The second-order valence-electron chi connectivity index (χ2n) is 8.19. The van der Waals surface area contributed by atoms with Crippen molar-refractivity contribution in [2.75, 3.05) is 25.6 Å². The zero-order chi connectivity index (χ0) is 23.8. The van der Waals surface area contributed by atoms with E-state index in [-0.39, 0.29) is 12.5 Å². The number of hydrogen-bond acceptors (Lipinski definition) is 6. The summed E-state index contributed by atoms with van der Waals surface area (Å²) in [4.78, 5) is 24.5. The highest BCUT2D eigenvalue weighted by Gasteiger charge is 2.26. The van der Waals surface area contributed by atoms with Gasteiger partial charge in [0.25, 0.3) is 5.91 Å². The number of nitriles is 1. The molecule has 1 aliphatic rings. The van der Waals surface area contributed by atoms with Crippen molar-refractivity contribution in [2.45, 2.75) is 58.4 Å². The van der Waals surface area contributed by atoms with Gasteiger partial charge in [0.2, 0.25) is 0 Å². The van der Waals surface area contributed by atoms with Gasteiger partial charge in [-0.1, -0.05) is 12.8 Å². The Morgan fingerprint density at radius 2 is 1.82 bits per heavy atom. The first kappa shape index (κ1) is 24.2. The SMILES string of the molecule is COc1ccc(OCCCC(=O)OCC(=O)Nc2c(C#N)c(C)c(C)n2C2CCCC2)cc1. The fraction of sp³-hybridized carbons (Fsp3) is 0.480. The van der Waals surface area contributed by atoms with Gasteiger partial charge in [0.05, 0.1) is 19.3 Å². The molecular weight excluding hydrogens is 422 g/mol. The number of amides is 1. The van der Waals surface area contributed by atoms with Crippen molar-refractivity contribution in [2.24, 2.45) is 0 Å². The third kappa shape index (κ3) is 6.07. The molecule has 33 heavy (non-hydrogen) atoms. The van der Waals surface area contributed by atoms with Gasteiger partial charge in [-0.25, -0.2) is 0 Å². The lowest BCUT2D eigenvalue weighted by Crippen LogP contribution is -2.24. The second-order valence-corrected chi connectivity index (χ2v) is 8.19. The van der Waals surface area contributed by atoms with E-state index in [1.807, 2.05) is 13.8 Å². The number of carbonyl (C=O) groups excluding carboxylic acids is 2. The summed E-state index contributed by atoms with van der Waals surface area (Å²) >= 11 is 0. The number of aromatic nitrogens is 1. The number of anilines is 1. The molecule has 0 atom stereocenters. The van der Waals surface area contributed by atoms with Gasteiger partial charge in [-0.2, -0.15) is 5.26 Å². The number of methoxy groups -OCH3 is 1. The first-order chi connectivity index (χ1) is 15.9. The van der Waals surface area contributed by atoms with Crippen LogP contribution in [0.25, 0.3) is 0 Å². The van der Waals surface area contributed by atoms with E-state index in [0.29, 0.717) is 30.2 Å². The summed E-state index contributed by atoms with van der Waals surface area (Å²) in [5, 5.41) is 12.4. The maximum atomic E-state index is 12.5. The molecule has 8 nitrogen and oxygen atoms in total. The van der Waals surface area contributed by atoms with Crippen LogP contribution in [-0.4, -0.2) is 36.8 Å². The normalized spacial score (nSPS) is 13.4. The van der Waals surface area contributed by atoms with Crippen LogP contribution in [0.3, 0.4) is 0 Å². The second kappa shape index (κ2) is 11.4. The molecule has 0 bridgehead atoms. The largest absolute Gasteiger partial charge is 0.497 e. The van der Waals surface area contributed by atoms with Crippen LogP contribution in [0.2, 0.25) is 0 Å². The molecule has 1 N–H and O–H groups in total. The first-order valence-corrected chi connectivity index (χ1v) is 11.3. The van der Waals surface area contributed by atoms with Crippen molar-refractivity contribution >= 4 is 17.7 Å². The third-order valence-corrected chi connectivity index (χ3v) is 6.03. The van der Waals surface area contributed by atoms with E-state index in [1.165, 1.54) is 0 Å². The molecule has 0 saturated heterocycles. The molecule has 1 saturated carbocycles. The van der Waals surface area contributed by atoms with E-state index < -0.39 is 18.5 Å². The molecule has 0 spiro atoms. The molecule has 1 heterocycles. The van der Waals surface area contributed by atoms with Crippen LogP contribution in [0, 0.1) is 25.2 Å². The Morgan fingerprint density at radius 1 is 1.15 bits per heavy atom. The van der Waals surface area contributed by atoms with Gasteiger partial charge in [-0.05, 0) is 62.9 Å². The van der Waals surface area contributed by atoms with Crippen LogP contribution < -0.4 is 14.8 Å². The highest BCUT2D eigenvalue weighted by atomic mass is 16.5. The van der Waals surface area contributed by atoms with Crippen LogP contribution in [0.15, 0.2) is 24.3 Å². The molecule has 1 aliphatic carbocycles. The molecule has 8 heteroatoms. The summed E-state index contributed by atoms with van der Waals surface area (Å²) in [5.41, 5.74) is 2.32. The van der Waals surface area contributed by atoms with Crippen molar-refractivity contribution in [3.05, 3.63) is 41.1 Å². The number of hydrogen-bond donors (Lipinski definition) is 1. The number of nitrogens with zero attached hydrogens (tertiary/aromatic N) is 2. The summed E-state index contributed by atoms with van der Waals surface area (Å²) in [7, 11) is 1.60. The quantitative estimate of drug-likeness (QED) is 0.421. The Kier molecular flexibility index (Phi) is 8.36. The average molecular weight is 454 g/mol. The molecule has 0 radical (unpaired) electrons. The Hall–Kier alpha value is -3.47. The molecule has 176 valence electrons. The van der Waals surface area contributed by atoms with E-state index in [0.717, 1.165) is 42.7 Å². The molecular formula is C25H31N3O5. The lowest BCUT2D eigenvalue weighted by molar-refractivity contribution is -0.147. The van der Waals surface area contributed by atoms with Crippen LogP contribution in [0.1, 0.15) is 61.4 Å². The van der Waals surface area contributed by atoms with E-state index in [9.17, 15) is 14.9 Å². The van der Waals surface area contributed by atoms with Crippen molar-refractivity contribution in [1.82, 2.24) is 4.57 Å². The highest BCUT2D eigenvalue weighted by molar-refractivity contribution is 5.93. The topological polar surface area (TPSA) is 103 Å². The third-order valence-electron chi connectivity index (χ3n) is 6.03. The summed E-state index contributed by atoms with van der Waals surface area (Å²) < 4.78 is 17.9. The molecule has 1 amide bonds. The number of nitrogens with one attached hydrogen (secondary N) is 1. The number of ether oxygens (including phenoxy) is 3. The molecule has 3 rings (SSSR count). The maximum absolute atomic E-state index is 12.5. The fourth-order valence-corrected chi connectivity index (χ4v) is 4.17. The molecule has 1 aromatic heterocycles. The minimum atomic E-state index is -0.470. The fourth-order valence-electron chi connectivity index (χ4n) is 4.17. The Balaban J connectivity index is 1.46. The van der Waals surface area contributed by atoms with Gasteiger partial charge in [0.1, 0.15) is 23.4 Å². The minimum Gasteiger partial charge on any atom is -0.497 e. The lowest BCUT2D eigenvalue weighted by Gasteiger charge is -2.19. The van der Waals surface area contributed by atoms with Gasteiger partial charge < -0.3 is 24.1 Å². The molecule has 0 unspecified atom stereocenters. The zero-order valence-electron chi connectivity index (χ0n) is 19.5. The van der Waals surface area contributed by atoms with Crippen LogP contribution in [0.4, 0.5) is 5.82 Å². The Labute approximate surface area is 194 Å². The summed E-state index contributed by atoms with van der Waals surface area (Å²) in [6.45, 7) is 3.82. The Morgan fingerprint density at radius 3 is 2.45 bits per heavy atom. The van der Waals surface area contributed by atoms with Gasteiger partial charge in [-0.15, -0.1) is 0 Å². The standard InChI is InChI=1S/C25H31N3O5/c1-17-18(2)28(19-7-4-5-8-19)25(22(17)15-26)27-23(29)16-33-24(30)9-6-14-32-21-12-10-20(31-3)11-13-21/h10-13,19H,4-9,14,16H2,1-3H3,(H,27,29). The molecule has 0 aliphatic heterocycles. The van der Waals surface area contributed by atoms with Crippen molar-refractivity contribution in [1.29, 1.82) is 5.26 Å². The van der Waals surface area contributed by atoms with Gasteiger partial charge >= 0.3 is 5.97 Å². The van der Waals surface area contributed by atoms with Gasteiger partial charge in [0, 0.05) is 18.2 Å². The lowest BCUT2D eigenvalue weighted by atomic mass is 10.2. The zero-order valence-corrected chi connectivity index (χ0v) is 19.5. The smallest absolute Gasteiger partial charge is 0.306 e.